The van der Waals surface area contributed by atoms with Crippen molar-refractivity contribution in [1.29, 1.82) is 0 Å². The molecule has 0 bridgehead atoms. The SMILES string of the molecule is CCCCCCC(C)(SC(C)(C)C)C(=O)O. The lowest BCUT2D eigenvalue weighted by molar-refractivity contribution is -0.139. The molecule has 2 nitrogen and oxygen atoms in total. The van der Waals surface area contributed by atoms with Crippen molar-refractivity contribution in [2.75, 3.05) is 0 Å². The normalized spacial score (nSPS) is 15.8. The van der Waals surface area contributed by atoms with Crippen molar-refractivity contribution < 1.29 is 9.90 Å². The van der Waals surface area contributed by atoms with Gasteiger partial charge in [0.1, 0.15) is 4.75 Å². The monoisotopic (exact) mass is 246 g/mol. The summed E-state index contributed by atoms with van der Waals surface area (Å²) in [6.45, 7) is 10.2. The molecular formula is C13H26O2S. The third-order valence-corrected chi connectivity index (χ3v) is 3.93. The van der Waals surface area contributed by atoms with E-state index < -0.39 is 10.7 Å². The maximum atomic E-state index is 11.3. The van der Waals surface area contributed by atoms with Crippen molar-refractivity contribution in [2.24, 2.45) is 0 Å². The molecule has 16 heavy (non-hydrogen) atoms. The van der Waals surface area contributed by atoms with Gasteiger partial charge < -0.3 is 5.11 Å². The van der Waals surface area contributed by atoms with E-state index in [0.717, 1.165) is 19.3 Å². The van der Waals surface area contributed by atoms with E-state index in [2.05, 4.69) is 27.7 Å². The fourth-order valence-corrected chi connectivity index (χ4v) is 3.45. The van der Waals surface area contributed by atoms with Crippen molar-refractivity contribution in [2.45, 2.75) is 76.2 Å². The summed E-state index contributed by atoms with van der Waals surface area (Å²) < 4.78 is -0.635. The molecule has 0 fully saturated rings. The van der Waals surface area contributed by atoms with Crippen LogP contribution in [0.15, 0.2) is 0 Å². The third kappa shape index (κ3) is 6.41. The Morgan fingerprint density at radius 2 is 1.69 bits per heavy atom. The van der Waals surface area contributed by atoms with Crippen molar-refractivity contribution in [1.82, 2.24) is 0 Å². The van der Waals surface area contributed by atoms with E-state index in [9.17, 15) is 9.90 Å². The zero-order valence-electron chi connectivity index (χ0n) is 11.3. The number of carboxylic acids is 1. The maximum absolute atomic E-state index is 11.3. The summed E-state index contributed by atoms with van der Waals surface area (Å²) in [7, 11) is 0. The lowest BCUT2D eigenvalue weighted by atomic mass is 10.0. The van der Waals surface area contributed by atoms with E-state index in [-0.39, 0.29) is 4.75 Å². The summed E-state index contributed by atoms with van der Waals surface area (Å²) in [6, 6.07) is 0. The topological polar surface area (TPSA) is 37.3 Å². The van der Waals surface area contributed by atoms with Crippen LogP contribution in [-0.4, -0.2) is 20.6 Å². The number of thioether (sulfide) groups is 1. The molecule has 1 atom stereocenters. The quantitative estimate of drug-likeness (QED) is 0.679. The van der Waals surface area contributed by atoms with Gasteiger partial charge >= 0.3 is 5.97 Å². The summed E-state index contributed by atoms with van der Waals surface area (Å²) in [5, 5.41) is 9.33. The molecule has 96 valence electrons. The molecule has 1 unspecified atom stereocenters. The molecule has 0 aliphatic carbocycles. The summed E-state index contributed by atoms with van der Waals surface area (Å²) in [5.74, 6) is -0.677. The van der Waals surface area contributed by atoms with Crippen LogP contribution in [0.1, 0.15) is 66.7 Å². The molecular weight excluding hydrogens is 220 g/mol. The molecule has 0 saturated carbocycles. The second kappa shape index (κ2) is 6.53. The first-order valence-corrected chi connectivity index (χ1v) is 6.96. The lowest BCUT2D eigenvalue weighted by Crippen LogP contribution is -2.35. The van der Waals surface area contributed by atoms with Crippen LogP contribution in [0, 0.1) is 0 Å². The molecule has 0 aliphatic heterocycles. The molecule has 0 radical (unpaired) electrons. The van der Waals surface area contributed by atoms with Crippen LogP contribution < -0.4 is 0 Å². The predicted molar refractivity (Wildman–Crippen MR) is 72.1 cm³/mol. The molecule has 0 amide bonds. The maximum Gasteiger partial charge on any atom is 0.319 e. The summed E-state index contributed by atoms with van der Waals surface area (Å²) >= 11 is 1.57. The first-order valence-electron chi connectivity index (χ1n) is 6.15. The van der Waals surface area contributed by atoms with E-state index in [4.69, 9.17) is 0 Å². The number of aliphatic carboxylic acids is 1. The highest BCUT2D eigenvalue weighted by Gasteiger charge is 2.37. The fourth-order valence-electron chi connectivity index (χ4n) is 1.77. The Bertz CT molecular complexity index is 220. The van der Waals surface area contributed by atoms with E-state index in [1.165, 1.54) is 12.8 Å². The van der Waals surface area contributed by atoms with Crippen LogP contribution in [0.25, 0.3) is 0 Å². The third-order valence-electron chi connectivity index (χ3n) is 2.49. The number of hydrogen-bond acceptors (Lipinski definition) is 2. The molecule has 1 N–H and O–H groups in total. The molecule has 0 aromatic carbocycles. The largest absolute Gasteiger partial charge is 0.480 e. The van der Waals surface area contributed by atoms with Gasteiger partial charge in [-0.25, -0.2) is 0 Å². The smallest absolute Gasteiger partial charge is 0.319 e. The number of rotatable bonds is 7. The minimum absolute atomic E-state index is 0.00209. The van der Waals surface area contributed by atoms with Gasteiger partial charge in [-0.2, -0.15) is 0 Å². The highest BCUT2D eigenvalue weighted by Crippen LogP contribution is 2.40. The van der Waals surface area contributed by atoms with Gasteiger partial charge in [0.2, 0.25) is 0 Å². The highest BCUT2D eigenvalue weighted by atomic mass is 32.2. The van der Waals surface area contributed by atoms with Gasteiger partial charge in [-0.1, -0.05) is 53.4 Å². The van der Waals surface area contributed by atoms with Crippen LogP contribution in [0.2, 0.25) is 0 Å². The average Bonchev–Trinajstić information content (AvgIpc) is 2.09. The Balaban J connectivity index is 4.29. The molecule has 0 aromatic rings. The van der Waals surface area contributed by atoms with Crippen LogP contribution in [0.5, 0.6) is 0 Å². The van der Waals surface area contributed by atoms with Gasteiger partial charge in [0, 0.05) is 4.75 Å². The molecule has 0 heterocycles. The van der Waals surface area contributed by atoms with Crippen molar-refractivity contribution in [3.8, 4) is 0 Å². The molecule has 0 aromatic heterocycles. The standard InChI is InChI=1S/C13H26O2S/c1-6-7-8-9-10-13(5,11(14)15)16-12(2,3)4/h6-10H2,1-5H3,(H,14,15). The van der Waals surface area contributed by atoms with Gasteiger partial charge in [-0.15, -0.1) is 11.8 Å². The van der Waals surface area contributed by atoms with E-state index in [1.54, 1.807) is 11.8 Å². The van der Waals surface area contributed by atoms with Crippen LogP contribution in [0.3, 0.4) is 0 Å². The molecule has 3 heteroatoms. The number of carbonyl (C=O) groups is 1. The Morgan fingerprint density at radius 3 is 2.06 bits per heavy atom. The number of unbranched alkanes of at least 4 members (excludes halogenated alkanes) is 3. The van der Waals surface area contributed by atoms with Crippen molar-refractivity contribution in [3.05, 3.63) is 0 Å². The zero-order valence-corrected chi connectivity index (χ0v) is 12.1. The first-order chi connectivity index (χ1) is 7.21. The highest BCUT2D eigenvalue weighted by molar-refractivity contribution is 8.02. The Morgan fingerprint density at radius 1 is 1.12 bits per heavy atom. The summed E-state index contributed by atoms with van der Waals surface area (Å²) in [4.78, 5) is 11.3. The predicted octanol–water partition coefficient (Wildman–Crippen LogP) is 4.33. The van der Waals surface area contributed by atoms with Gasteiger partial charge in [-0.3, -0.25) is 4.79 Å². The summed E-state index contributed by atoms with van der Waals surface area (Å²) in [6.07, 6.45) is 5.32. The van der Waals surface area contributed by atoms with Crippen LogP contribution in [-0.2, 0) is 4.79 Å². The van der Waals surface area contributed by atoms with E-state index in [1.807, 2.05) is 6.92 Å². The Hall–Kier alpha value is -0.180. The Kier molecular flexibility index (Phi) is 6.46. The Labute approximate surface area is 104 Å². The average molecular weight is 246 g/mol. The van der Waals surface area contributed by atoms with E-state index >= 15 is 0 Å². The first kappa shape index (κ1) is 15.8. The fraction of sp³-hybridized carbons (Fsp3) is 0.923. The minimum Gasteiger partial charge on any atom is -0.480 e. The number of carboxylic acid groups (broad SMARTS) is 1. The van der Waals surface area contributed by atoms with Crippen molar-refractivity contribution in [3.63, 3.8) is 0 Å². The summed E-state index contributed by atoms with van der Waals surface area (Å²) in [5.41, 5.74) is 0. The second-order valence-electron chi connectivity index (χ2n) is 5.56. The molecule has 0 saturated heterocycles. The molecule has 0 spiro atoms. The van der Waals surface area contributed by atoms with Gasteiger partial charge in [0.15, 0.2) is 0 Å². The van der Waals surface area contributed by atoms with Crippen LogP contribution in [0.4, 0.5) is 0 Å². The van der Waals surface area contributed by atoms with Crippen molar-refractivity contribution >= 4 is 17.7 Å². The number of hydrogen-bond donors (Lipinski definition) is 1. The zero-order chi connectivity index (χ0) is 12.8. The molecule has 0 aliphatic rings. The van der Waals surface area contributed by atoms with Gasteiger partial charge in [0.25, 0.3) is 0 Å². The minimum atomic E-state index is -0.677. The van der Waals surface area contributed by atoms with Gasteiger partial charge in [-0.05, 0) is 13.3 Å². The lowest BCUT2D eigenvalue weighted by Gasteiger charge is -2.31. The van der Waals surface area contributed by atoms with E-state index in [0.29, 0.717) is 0 Å². The van der Waals surface area contributed by atoms with Gasteiger partial charge in [0.05, 0.1) is 0 Å². The second-order valence-corrected chi connectivity index (χ2v) is 7.89. The van der Waals surface area contributed by atoms with Crippen LogP contribution >= 0.6 is 11.8 Å². The molecule has 0 rings (SSSR count).